The number of carbonyl (C=O) groups excluding carboxylic acids is 1. The van der Waals surface area contributed by atoms with Gasteiger partial charge in [-0.2, -0.15) is 0 Å². The van der Waals surface area contributed by atoms with Crippen LogP contribution in [0.4, 0.5) is 0 Å². The summed E-state index contributed by atoms with van der Waals surface area (Å²) in [6.07, 6.45) is 4.03. The number of esters is 1. The van der Waals surface area contributed by atoms with Crippen molar-refractivity contribution in [2.45, 2.75) is 57.8 Å². The lowest BCUT2D eigenvalue weighted by Gasteiger charge is -2.23. The topological polar surface area (TPSA) is 47.6 Å². The zero-order valence-corrected chi connectivity index (χ0v) is 10.5. The first-order chi connectivity index (χ1) is 7.67. The summed E-state index contributed by atoms with van der Waals surface area (Å²) in [4.78, 5) is 11.3. The van der Waals surface area contributed by atoms with E-state index in [0.717, 1.165) is 25.8 Å². The highest BCUT2D eigenvalue weighted by Crippen LogP contribution is 2.23. The van der Waals surface area contributed by atoms with Crippen LogP contribution in [0.5, 0.6) is 0 Å². The van der Waals surface area contributed by atoms with Crippen molar-refractivity contribution >= 4 is 5.97 Å². The van der Waals surface area contributed by atoms with Gasteiger partial charge < -0.3 is 14.8 Å². The molecular formula is C12H23NO3. The summed E-state index contributed by atoms with van der Waals surface area (Å²) in [5.41, 5.74) is 0. The number of hydrogen-bond acceptors (Lipinski definition) is 4. The van der Waals surface area contributed by atoms with Crippen LogP contribution >= 0.6 is 0 Å². The third-order valence-corrected chi connectivity index (χ3v) is 2.98. The number of methoxy groups -OCH3 is 1. The minimum atomic E-state index is -0.170. The van der Waals surface area contributed by atoms with Gasteiger partial charge in [-0.05, 0) is 32.7 Å². The fourth-order valence-corrected chi connectivity index (χ4v) is 2.06. The molecule has 1 rings (SSSR count). The highest BCUT2D eigenvalue weighted by Gasteiger charge is 2.30. The lowest BCUT2D eigenvalue weighted by atomic mass is 10.0. The molecule has 0 aromatic carbocycles. The van der Waals surface area contributed by atoms with Gasteiger partial charge in [-0.1, -0.05) is 6.92 Å². The van der Waals surface area contributed by atoms with Crippen LogP contribution in [0.3, 0.4) is 0 Å². The molecule has 94 valence electrons. The molecule has 3 atom stereocenters. The molecule has 1 N–H and O–H groups in total. The molecule has 1 saturated heterocycles. The van der Waals surface area contributed by atoms with E-state index in [1.54, 1.807) is 0 Å². The Morgan fingerprint density at radius 1 is 1.56 bits per heavy atom. The van der Waals surface area contributed by atoms with Gasteiger partial charge in [0.25, 0.3) is 0 Å². The molecule has 4 nitrogen and oxygen atoms in total. The van der Waals surface area contributed by atoms with E-state index in [1.807, 2.05) is 0 Å². The fourth-order valence-electron chi connectivity index (χ4n) is 2.06. The standard InChI is InChI=1S/C12H23NO3/c1-4-7-13-10(8-12(14)15-3)11-6-5-9(2)16-11/h9-11,13H,4-8H2,1-3H3. The fraction of sp³-hybridized carbons (Fsp3) is 0.917. The van der Waals surface area contributed by atoms with Crippen molar-refractivity contribution in [3.05, 3.63) is 0 Å². The zero-order chi connectivity index (χ0) is 12.0. The Hall–Kier alpha value is -0.610. The molecule has 0 bridgehead atoms. The van der Waals surface area contributed by atoms with Crippen LogP contribution in [0.1, 0.15) is 39.5 Å². The first-order valence-corrected chi connectivity index (χ1v) is 6.13. The first-order valence-electron chi connectivity index (χ1n) is 6.13. The molecule has 0 aromatic rings. The highest BCUT2D eigenvalue weighted by atomic mass is 16.5. The number of hydrogen-bond donors (Lipinski definition) is 1. The molecule has 1 fully saturated rings. The SMILES string of the molecule is CCCNC(CC(=O)OC)C1CCC(C)O1. The average molecular weight is 229 g/mol. The smallest absolute Gasteiger partial charge is 0.307 e. The molecule has 1 aliphatic heterocycles. The van der Waals surface area contributed by atoms with Gasteiger partial charge in [0.1, 0.15) is 0 Å². The van der Waals surface area contributed by atoms with Crippen LogP contribution in [0.2, 0.25) is 0 Å². The van der Waals surface area contributed by atoms with Crippen LogP contribution < -0.4 is 5.32 Å². The maximum atomic E-state index is 11.3. The molecule has 0 aliphatic carbocycles. The number of carbonyl (C=O) groups is 1. The molecule has 0 aromatic heterocycles. The van der Waals surface area contributed by atoms with E-state index in [-0.39, 0.29) is 18.1 Å². The Kier molecular flexibility index (Phi) is 5.77. The van der Waals surface area contributed by atoms with Crippen molar-refractivity contribution in [3.63, 3.8) is 0 Å². The van der Waals surface area contributed by atoms with E-state index < -0.39 is 0 Å². The molecule has 1 aliphatic rings. The van der Waals surface area contributed by atoms with E-state index in [2.05, 4.69) is 19.2 Å². The summed E-state index contributed by atoms with van der Waals surface area (Å²) in [5.74, 6) is -0.170. The van der Waals surface area contributed by atoms with Gasteiger partial charge in [0.15, 0.2) is 0 Å². The summed E-state index contributed by atoms with van der Waals surface area (Å²) >= 11 is 0. The van der Waals surface area contributed by atoms with E-state index >= 15 is 0 Å². The molecule has 4 heteroatoms. The number of ether oxygens (including phenoxy) is 2. The Balaban J connectivity index is 2.45. The lowest BCUT2D eigenvalue weighted by molar-refractivity contribution is -0.142. The first kappa shape index (κ1) is 13.5. The van der Waals surface area contributed by atoms with Crippen molar-refractivity contribution in [2.75, 3.05) is 13.7 Å². The van der Waals surface area contributed by atoms with Crippen LogP contribution in [-0.4, -0.2) is 37.9 Å². The Morgan fingerprint density at radius 2 is 2.31 bits per heavy atom. The van der Waals surface area contributed by atoms with Crippen LogP contribution in [0, 0.1) is 0 Å². The number of rotatable bonds is 6. The van der Waals surface area contributed by atoms with Crippen molar-refractivity contribution < 1.29 is 14.3 Å². The molecule has 16 heavy (non-hydrogen) atoms. The van der Waals surface area contributed by atoms with E-state index in [0.29, 0.717) is 12.5 Å². The largest absolute Gasteiger partial charge is 0.469 e. The molecule has 0 amide bonds. The zero-order valence-electron chi connectivity index (χ0n) is 10.5. The van der Waals surface area contributed by atoms with E-state index in [1.165, 1.54) is 7.11 Å². The molecule has 1 heterocycles. The van der Waals surface area contributed by atoms with Gasteiger partial charge in [-0.15, -0.1) is 0 Å². The van der Waals surface area contributed by atoms with Crippen LogP contribution in [0.25, 0.3) is 0 Å². The summed E-state index contributed by atoms with van der Waals surface area (Å²) in [6.45, 7) is 5.10. The number of nitrogens with one attached hydrogen (secondary N) is 1. The molecular weight excluding hydrogens is 206 g/mol. The molecule has 0 spiro atoms. The maximum Gasteiger partial charge on any atom is 0.307 e. The van der Waals surface area contributed by atoms with Gasteiger partial charge in [-0.25, -0.2) is 0 Å². The van der Waals surface area contributed by atoms with E-state index in [4.69, 9.17) is 9.47 Å². The van der Waals surface area contributed by atoms with Gasteiger partial charge in [0.05, 0.1) is 25.7 Å². The summed E-state index contributed by atoms with van der Waals surface area (Å²) in [7, 11) is 1.43. The quantitative estimate of drug-likeness (QED) is 0.701. The highest BCUT2D eigenvalue weighted by molar-refractivity contribution is 5.70. The average Bonchev–Trinajstić information content (AvgIpc) is 2.70. The summed E-state index contributed by atoms with van der Waals surface area (Å²) < 4.78 is 10.5. The molecule has 0 saturated carbocycles. The van der Waals surface area contributed by atoms with Crippen molar-refractivity contribution in [3.8, 4) is 0 Å². The second-order valence-corrected chi connectivity index (χ2v) is 4.40. The predicted octanol–water partition coefficient (Wildman–Crippen LogP) is 1.49. The summed E-state index contributed by atoms with van der Waals surface area (Å²) in [6, 6.07) is 0.0948. The van der Waals surface area contributed by atoms with E-state index in [9.17, 15) is 4.79 Å². The van der Waals surface area contributed by atoms with Crippen LogP contribution in [0.15, 0.2) is 0 Å². The second kappa shape index (κ2) is 6.86. The van der Waals surface area contributed by atoms with Crippen molar-refractivity contribution in [1.82, 2.24) is 5.32 Å². The van der Waals surface area contributed by atoms with Gasteiger partial charge in [0, 0.05) is 6.04 Å². The Bertz CT molecular complexity index is 220. The van der Waals surface area contributed by atoms with Crippen molar-refractivity contribution in [1.29, 1.82) is 0 Å². The maximum absolute atomic E-state index is 11.3. The second-order valence-electron chi connectivity index (χ2n) is 4.40. The van der Waals surface area contributed by atoms with Gasteiger partial charge in [0.2, 0.25) is 0 Å². The van der Waals surface area contributed by atoms with Gasteiger partial charge in [-0.3, -0.25) is 4.79 Å². The third-order valence-electron chi connectivity index (χ3n) is 2.98. The molecule has 3 unspecified atom stereocenters. The third kappa shape index (κ3) is 4.10. The minimum absolute atomic E-state index is 0.0948. The Morgan fingerprint density at radius 3 is 2.81 bits per heavy atom. The predicted molar refractivity (Wildman–Crippen MR) is 62.3 cm³/mol. The Labute approximate surface area is 97.7 Å². The van der Waals surface area contributed by atoms with Crippen LogP contribution in [-0.2, 0) is 14.3 Å². The summed E-state index contributed by atoms with van der Waals surface area (Å²) in [5, 5.41) is 3.37. The van der Waals surface area contributed by atoms with Crippen molar-refractivity contribution in [2.24, 2.45) is 0 Å². The minimum Gasteiger partial charge on any atom is -0.469 e. The molecule has 0 radical (unpaired) electrons. The monoisotopic (exact) mass is 229 g/mol. The van der Waals surface area contributed by atoms with Gasteiger partial charge >= 0.3 is 5.97 Å². The lowest BCUT2D eigenvalue weighted by Crippen LogP contribution is -2.42. The normalized spacial score (nSPS) is 26.7.